The highest BCUT2D eigenvalue weighted by molar-refractivity contribution is 14.1. The Bertz CT molecular complexity index is 380. The van der Waals surface area contributed by atoms with E-state index < -0.39 is 0 Å². The average molecular weight is 305 g/mol. The van der Waals surface area contributed by atoms with Crippen LogP contribution in [0.25, 0.3) is 0 Å². The second-order valence-corrected chi connectivity index (χ2v) is 4.80. The first-order valence-electron chi connectivity index (χ1n) is 4.40. The third kappa shape index (κ3) is 1.89. The van der Waals surface area contributed by atoms with Gasteiger partial charge in [0, 0.05) is 5.69 Å². The highest BCUT2D eigenvalue weighted by Crippen LogP contribution is 2.25. The normalized spacial score (nSPS) is 21.0. The monoisotopic (exact) mass is 305 g/mol. The summed E-state index contributed by atoms with van der Waals surface area (Å²) < 4.78 is 12.9. The third-order valence-electron chi connectivity index (χ3n) is 2.28. The maximum absolute atomic E-state index is 12.9. The molecule has 4 heteroatoms. The van der Waals surface area contributed by atoms with Crippen molar-refractivity contribution in [3.05, 3.63) is 29.6 Å². The number of carbonyl (C=O) groups is 1. The number of hydrogen-bond donors (Lipinski definition) is 1. The molecule has 2 rings (SSSR count). The van der Waals surface area contributed by atoms with Crippen molar-refractivity contribution in [2.75, 3.05) is 5.32 Å². The van der Waals surface area contributed by atoms with Crippen LogP contribution in [0.3, 0.4) is 0 Å². The maximum atomic E-state index is 12.9. The van der Waals surface area contributed by atoms with Crippen molar-refractivity contribution in [1.82, 2.24) is 0 Å². The quantitative estimate of drug-likeness (QED) is 0.579. The molecule has 0 spiro atoms. The van der Waals surface area contributed by atoms with E-state index in [1.807, 2.05) is 0 Å². The lowest BCUT2D eigenvalue weighted by Crippen LogP contribution is -2.20. The summed E-state index contributed by atoms with van der Waals surface area (Å²) in [6.45, 7) is 0. The van der Waals surface area contributed by atoms with Crippen LogP contribution in [0, 0.1) is 5.82 Å². The van der Waals surface area contributed by atoms with Gasteiger partial charge in [-0.1, -0.05) is 22.6 Å². The zero-order chi connectivity index (χ0) is 10.1. The van der Waals surface area contributed by atoms with Crippen molar-refractivity contribution < 1.29 is 9.18 Å². The summed E-state index contributed by atoms with van der Waals surface area (Å²) in [6.07, 6.45) is 1.52. The molecule has 0 aromatic heterocycles. The molecule has 1 aliphatic rings. The van der Waals surface area contributed by atoms with Gasteiger partial charge in [-0.2, -0.15) is 0 Å². The topological polar surface area (TPSA) is 29.1 Å². The number of benzene rings is 1. The molecule has 1 aromatic rings. The lowest BCUT2D eigenvalue weighted by Gasteiger charge is -2.06. The molecule has 1 heterocycles. The number of amides is 1. The van der Waals surface area contributed by atoms with Gasteiger partial charge in [0.1, 0.15) is 5.82 Å². The van der Waals surface area contributed by atoms with E-state index in [1.54, 1.807) is 6.07 Å². The van der Waals surface area contributed by atoms with Crippen LogP contribution in [-0.2, 0) is 11.2 Å². The van der Waals surface area contributed by atoms with Crippen LogP contribution in [-0.4, -0.2) is 9.83 Å². The molecule has 1 amide bonds. The van der Waals surface area contributed by atoms with Crippen LogP contribution in [0.1, 0.15) is 12.0 Å². The molecular formula is C10H9FINO. The number of halogens is 2. The first kappa shape index (κ1) is 9.89. The van der Waals surface area contributed by atoms with Crippen LogP contribution in [0.5, 0.6) is 0 Å². The number of alkyl halides is 1. The fourth-order valence-corrected chi connectivity index (χ4v) is 1.98. The van der Waals surface area contributed by atoms with Crippen molar-refractivity contribution in [2.45, 2.75) is 16.8 Å². The van der Waals surface area contributed by atoms with E-state index in [2.05, 4.69) is 27.9 Å². The Labute approximate surface area is 95.0 Å². The number of aryl methyl sites for hydroxylation is 1. The summed E-state index contributed by atoms with van der Waals surface area (Å²) >= 11 is 2.11. The maximum Gasteiger partial charge on any atom is 0.237 e. The zero-order valence-corrected chi connectivity index (χ0v) is 9.55. The van der Waals surface area contributed by atoms with Gasteiger partial charge in [0.15, 0.2) is 0 Å². The highest BCUT2D eigenvalue weighted by atomic mass is 127. The summed E-state index contributed by atoms with van der Waals surface area (Å²) in [5.74, 6) is -0.235. The van der Waals surface area contributed by atoms with E-state index >= 15 is 0 Å². The molecule has 74 valence electrons. The minimum atomic E-state index is -0.245. The van der Waals surface area contributed by atoms with Gasteiger partial charge in [0.2, 0.25) is 5.91 Å². The molecule has 0 radical (unpaired) electrons. The van der Waals surface area contributed by atoms with Crippen molar-refractivity contribution in [2.24, 2.45) is 0 Å². The smallest absolute Gasteiger partial charge is 0.237 e. The van der Waals surface area contributed by atoms with Crippen LogP contribution >= 0.6 is 22.6 Å². The molecule has 2 nitrogen and oxygen atoms in total. The molecule has 1 atom stereocenters. The van der Waals surface area contributed by atoms with E-state index in [-0.39, 0.29) is 15.6 Å². The molecule has 1 N–H and O–H groups in total. The number of rotatable bonds is 0. The minimum Gasteiger partial charge on any atom is -0.325 e. The van der Waals surface area contributed by atoms with Gasteiger partial charge < -0.3 is 5.32 Å². The lowest BCUT2D eigenvalue weighted by molar-refractivity contribution is -0.115. The second-order valence-electron chi connectivity index (χ2n) is 3.30. The minimum absolute atomic E-state index is 0.0101. The van der Waals surface area contributed by atoms with E-state index in [4.69, 9.17) is 0 Å². The van der Waals surface area contributed by atoms with Crippen molar-refractivity contribution in [3.63, 3.8) is 0 Å². The summed E-state index contributed by atoms with van der Waals surface area (Å²) in [5.41, 5.74) is 1.63. The molecular weight excluding hydrogens is 296 g/mol. The molecule has 1 aromatic carbocycles. The molecule has 1 aliphatic heterocycles. The van der Waals surface area contributed by atoms with Crippen LogP contribution in [0.2, 0.25) is 0 Å². The molecule has 14 heavy (non-hydrogen) atoms. The van der Waals surface area contributed by atoms with Crippen molar-refractivity contribution in [1.29, 1.82) is 0 Å². The van der Waals surface area contributed by atoms with Gasteiger partial charge in [-0.05, 0) is 36.6 Å². The Morgan fingerprint density at radius 1 is 1.50 bits per heavy atom. The van der Waals surface area contributed by atoms with Gasteiger partial charge in [-0.25, -0.2) is 4.39 Å². The summed E-state index contributed by atoms with van der Waals surface area (Å²) in [5, 5.41) is 2.79. The standard InChI is InChI=1S/C10H9FINO/c11-7-2-4-9-6(5-7)1-3-8(12)10(14)13-9/h2,4-5,8H,1,3H2,(H,13,14). The van der Waals surface area contributed by atoms with Gasteiger partial charge in [0.05, 0.1) is 3.92 Å². The third-order valence-corrected chi connectivity index (χ3v) is 3.47. The predicted molar refractivity (Wildman–Crippen MR) is 61.2 cm³/mol. The van der Waals surface area contributed by atoms with Crippen molar-refractivity contribution >= 4 is 34.2 Å². The van der Waals surface area contributed by atoms with Gasteiger partial charge in [-0.3, -0.25) is 4.79 Å². The van der Waals surface area contributed by atoms with E-state index in [0.717, 1.165) is 24.1 Å². The molecule has 0 saturated heterocycles. The lowest BCUT2D eigenvalue weighted by atomic mass is 10.1. The molecule has 0 saturated carbocycles. The molecule has 0 bridgehead atoms. The molecule has 1 unspecified atom stereocenters. The van der Waals surface area contributed by atoms with Gasteiger partial charge >= 0.3 is 0 Å². The largest absolute Gasteiger partial charge is 0.325 e. The average Bonchev–Trinajstić information content (AvgIpc) is 2.29. The first-order valence-corrected chi connectivity index (χ1v) is 5.65. The van der Waals surface area contributed by atoms with Gasteiger partial charge in [-0.15, -0.1) is 0 Å². The molecule has 0 fully saturated rings. The van der Waals surface area contributed by atoms with Crippen LogP contribution < -0.4 is 5.32 Å². The Hall–Kier alpha value is -0.650. The summed E-state index contributed by atoms with van der Waals surface area (Å²) in [7, 11) is 0. The number of anilines is 1. The summed E-state index contributed by atoms with van der Waals surface area (Å²) in [4.78, 5) is 11.4. The molecule has 0 aliphatic carbocycles. The van der Waals surface area contributed by atoms with E-state index in [9.17, 15) is 9.18 Å². The zero-order valence-electron chi connectivity index (χ0n) is 7.39. The van der Waals surface area contributed by atoms with Crippen LogP contribution in [0.15, 0.2) is 18.2 Å². The van der Waals surface area contributed by atoms with E-state index in [0.29, 0.717) is 0 Å². The number of carbonyl (C=O) groups excluding carboxylic acids is 1. The fraction of sp³-hybridized carbons (Fsp3) is 0.300. The van der Waals surface area contributed by atoms with Crippen molar-refractivity contribution in [3.8, 4) is 0 Å². The number of fused-ring (bicyclic) bond motifs is 1. The van der Waals surface area contributed by atoms with E-state index in [1.165, 1.54) is 12.1 Å². The Balaban J connectivity index is 2.37. The summed E-state index contributed by atoms with van der Waals surface area (Å²) in [6, 6.07) is 4.48. The Morgan fingerprint density at radius 2 is 2.29 bits per heavy atom. The number of nitrogens with one attached hydrogen (secondary N) is 1. The fourth-order valence-electron chi connectivity index (χ4n) is 1.52. The van der Waals surface area contributed by atoms with Gasteiger partial charge in [0.25, 0.3) is 0 Å². The predicted octanol–water partition coefficient (Wildman–Crippen LogP) is 2.51. The first-order chi connectivity index (χ1) is 6.66. The SMILES string of the molecule is O=C1Nc2ccc(F)cc2CCC1I. The Kier molecular flexibility index (Phi) is 2.71. The highest BCUT2D eigenvalue weighted by Gasteiger charge is 2.20. The second kappa shape index (κ2) is 3.84. The van der Waals surface area contributed by atoms with Crippen LogP contribution in [0.4, 0.5) is 10.1 Å². The Morgan fingerprint density at radius 3 is 3.07 bits per heavy atom. The number of hydrogen-bond acceptors (Lipinski definition) is 1.